The van der Waals surface area contributed by atoms with E-state index in [-0.39, 0.29) is 12.2 Å². The molecule has 1 saturated carbocycles. The van der Waals surface area contributed by atoms with Gasteiger partial charge in [-0.15, -0.1) is 0 Å². The summed E-state index contributed by atoms with van der Waals surface area (Å²) in [5.74, 6) is 0.599. The Morgan fingerprint density at radius 2 is 2.10 bits per heavy atom. The number of nitrogens with zero attached hydrogens (tertiary/aromatic N) is 1. The van der Waals surface area contributed by atoms with Gasteiger partial charge in [0.1, 0.15) is 5.60 Å². The van der Waals surface area contributed by atoms with Gasteiger partial charge in [-0.2, -0.15) is 0 Å². The minimum absolute atomic E-state index is 0.0913. The van der Waals surface area contributed by atoms with E-state index in [9.17, 15) is 9.90 Å². The second kappa shape index (κ2) is 6.31. The third kappa shape index (κ3) is 4.63. The van der Waals surface area contributed by atoms with E-state index < -0.39 is 5.60 Å². The SMILES string of the molecule is CC(C)(C)OC(=O)N1CCCC(NCC2CC(O)C2)C1. The highest BCUT2D eigenvalue weighted by molar-refractivity contribution is 5.68. The van der Waals surface area contributed by atoms with Gasteiger partial charge in [-0.1, -0.05) is 0 Å². The van der Waals surface area contributed by atoms with Crippen LogP contribution in [-0.4, -0.2) is 53.5 Å². The Balaban J connectivity index is 1.72. The number of hydrogen-bond donors (Lipinski definition) is 2. The van der Waals surface area contributed by atoms with Gasteiger partial charge < -0.3 is 20.1 Å². The fourth-order valence-corrected chi connectivity index (χ4v) is 2.84. The molecule has 0 bridgehead atoms. The Morgan fingerprint density at radius 1 is 1.40 bits per heavy atom. The molecule has 20 heavy (non-hydrogen) atoms. The molecular weight excluding hydrogens is 256 g/mol. The van der Waals surface area contributed by atoms with Crippen molar-refractivity contribution in [2.45, 2.75) is 64.2 Å². The standard InChI is InChI=1S/C15H28N2O3/c1-15(2,3)20-14(19)17-6-4-5-12(10-17)16-9-11-7-13(18)8-11/h11-13,16,18H,4-10H2,1-3H3. The number of likely N-dealkylation sites (tertiary alicyclic amines) is 1. The Bertz CT molecular complexity index is 335. The minimum Gasteiger partial charge on any atom is -0.444 e. The van der Waals surface area contributed by atoms with E-state index in [1.807, 2.05) is 25.7 Å². The van der Waals surface area contributed by atoms with Crippen molar-refractivity contribution in [1.82, 2.24) is 10.2 Å². The van der Waals surface area contributed by atoms with Gasteiger partial charge in [-0.3, -0.25) is 0 Å². The number of nitrogens with one attached hydrogen (secondary N) is 1. The summed E-state index contributed by atoms with van der Waals surface area (Å²) in [6, 6.07) is 0.356. The van der Waals surface area contributed by atoms with Crippen LogP contribution in [0.1, 0.15) is 46.5 Å². The van der Waals surface area contributed by atoms with Crippen molar-refractivity contribution < 1.29 is 14.6 Å². The maximum Gasteiger partial charge on any atom is 0.410 e. The molecule has 0 spiro atoms. The fourth-order valence-electron chi connectivity index (χ4n) is 2.84. The number of carbonyl (C=O) groups excluding carboxylic acids is 1. The molecule has 1 heterocycles. The molecule has 5 nitrogen and oxygen atoms in total. The van der Waals surface area contributed by atoms with Crippen LogP contribution in [0.5, 0.6) is 0 Å². The van der Waals surface area contributed by atoms with E-state index in [0.29, 0.717) is 12.0 Å². The highest BCUT2D eigenvalue weighted by atomic mass is 16.6. The zero-order valence-electron chi connectivity index (χ0n) is 12.9. The first kappa shape index (κ1) is 15.6. The van der Waals surface area contributed by atoms with Crippen molar-refractivity contribution in [1.29, 1.82) is 0 Å². The van der Waals surface area contributed by atoms with Gasteiger partial charge in [0, 0.05) is 19.1 Å². The highest BCUT2D eigenvalue weighted by Crippen LogP contribution is 2.26. The average molecular weight is 284 g/mol. The third-order valence-electron chi connectivity index (χ3n) is 3.98. The Labute approximate surface area is 121 Å². The lowest BCUT2D eigenvalue weighted by atomic mass is 9.82. The van der Waals surface area contributed by atoms with Crippen molar-refractivity contribution in [3.63, 3.8) is 0 Å². The summed E-state index contributed by atoms with van der Waals surface area (Å²) in [6.45, 7) is 8.15. The van der Waals surface area contributed by atoms with E-state index >= 15 is 0 Å². The van der Waals surface area contributed by atoms with E-state index in [2.05, 4.69) is 5.32 Å². The maximum atomic E-state index is 12.1. The van der Waals surface area contributed by atoms with Crippen LogP contribution in [-0.2, 0) is 4.74 Å². The van der Waals surface area contributed by atoms with Gasteiger partial charge in [0.2, 0.25) is 0 Å². The summed E-state index contributed by atoms with van der Waals surface area (Å²) >= 11 is 0. The lowest BCUT2D eigenvalue weighted by Gasteiger charge is -2.37. The van der Waals surface area contributed by atoms with Crippen LogP contribution in [0, 0.1) is 5.92 Å². The van der Waals surface area contributed by atoms with Gasteiger partial charge in [0.15, 0.2) is 0 Å². The van der Waals surface area contributed by atoms with Crippen LogP contribution >= 0.6 is 0 Å². The summed E-state index contributed by atoms with van der Waals surface area (Å²) in [4.78, 5) is 13.9. The number of aliphatic hydroxyl groups is 1. The fraction of sp³-hybridized carbons (Fsp3) is 0.933. The molecule has 2 aliphatic rings. The molecule has 0 aromatic heterocycles. The van der Waals surface area contributed by atoms with Crippen molar-refractivity contribution >= 4 is 6.09 Å². The zero-order valence-corrected chi connectivity index (χ0v) is 12.9. The van der Waals surface area contributed by atoms with E-state index in [1.165, 1.54) is 0 Å². The molecule has 2 rings (SSSR count). The molecule has 0 aromatic rings. The highest BCUT2D eigenvalue weighted by Gasteiger charge is 2.30. The van der Waals surface area contributed by atoms with Gasteiger partial charge in [0.05, 0.1) is 6.10 Å². The first-order valence-electron chi connectivity index (χ1n) is 7.73. The molecule has 1 saturated heterocycles. The van der Waals surface area contributed by atoms with E-state index in [1.54, 1.807) is 0 Å². The second-order valence-electron chi connectivity index (χ2n) is 7.17. The molecular formula is C15H28N2O3. The smallest absolute Gasteiger partial charge is 0.410 e. The molecule has 5 heteroatoms. The number of carbonyl (C=O) groups is 1. The largest absolute Gasteiger partial charge is 0.444 e. The van der Waals surface area contributed by atoms with E-state index in [0.717, 1.165) is 45.3 Å². The maximum absolute atomic E-state index is 12.1. The molecule has 0 radical (unpaired) electrons. The lowest BCUT2D eigenvalue weighted by Crippen LogP contribution is -2.51. The summed E-state index contributed by atoms with van der Waals surface area (Å²) < 4.78 is 5.42. The van der Waals surface area contributed by atoms with Gasteiger partial charge in [-0.05, 0) is 58.9 Å². The molecule has 1 atom stereocenters. The number of piperidine rings is 1. The number of amides is 1. The summed E-state index contributed by atoms with van der Waals surface area (Å²) in [5, 5.41) is 12.8. The summed E-state index contributed by atoms with van der Waals surface area (Å²) in [5.41, 5.74) is -0.431. The Morgan fingerprint density at radius 3 is 2.70 bits per heavy atom. The predicted molar refractivity (Wildman–Crippen MR) is 77.6 cm³/mol. The minimum atomic E-state index is -0.431. The van der Waals surface area contributed by atoms with Gasteiger partial charge >= 0.3 is 6.09 Å². The average Bonchev–Trinajstić information content (AvgIpc) is 2.31. The molecule has 1 aliphatic heterocycles. The first-order chi connectivity index (χ1) is 9.33. The molecule has 116 valence electrons. The van der Waals surface area contributed by atoms with Crippen LogP contribution in [0.15, 0.2) is 0 Å². The predicted octanol–water partition coefficient (Wildman–Crippen LogP) is 1.75. The van der Waals surface area contributed by atoms with Crippen molar-refractivity contribution in [3.8, 4) is 0 Å². The number of hydrogen-bond acceptors (Lipinski definition) is 4. The number of rotatable bonds is 3. The molecule has 2 fully saturated rings. The monoisotopic (exact) mass is 284 g/mol. The van der Waals surface area contributed by atoms with Crippen molar-refractivity contribution in [2.24, 2.45) is 5.92 Å². The molecule has 1 amide bonds. The van der Waals surface area contributed by atoms with Crippen LogP contribution in [0.25, 0.3) is 0 Å². The zero-order chi connectivity index (χ0) is 14.8. The van der Waals surface area contributed by atoms with E-state index in [4.69, 9.17) is 4.74 Å². The van der Waals surface area contributed by atoms with Crippen molar-refractivity contribution in [3.05, 3.63) is 0 Å². The Hall–Kier alpha value is -0.810. The molecule has 2 N–H and O–H groups in total. The van der Waals surface area contributed by atoms with Gasteiger partial charge in [0.25, 0.3) is 0 Å². The van der Waals surface area contributed by atoms with Crippen LogP contribution < -0.4 is 5.32 Å². The quantitative estimate of drug-likeness (QED) is 0.829. The normalized spacial score (nSPS) is 30.8. The second-order valence-corrected chi connectivity index (χ2v) is 7.17. The molecule has 1 unspecified atom stereocenters. The number of aliphatic hydroxyl groups excluding tert-OH is 1. The summed E-state index contributed by atoms with van der Waals surface area (Å²) in [7, 11) is 0. The summed E-state index contributed by atoms with van der Waals surface area (Å²) in [6.07, 6.45) is 3.65. The molecule has 1 aliphatic carbocycles. The molecule has 0 aromatic carbocycles. The van der Waals surface area contributed by atoms with Gasteiger partial charge in [-0.25, -0.2) is 4.79 Å². The van der Waals surface area contributed by atoms with Crippen LogP contribution in [0.2, 0.25) is 0 Å². The first-order valence-corrected chi connectivity index (χ1v) is 7.73. The van der Waals surface area contributed by atoms with Crippen molar-refractivity contribution in [2.75, 3.05) is 19.6 Å². The number of ether oxygens (including phenoxy) is 1. The van der Waals surface area contributed by atoms with Crippen LogP contribution in [0.3, 0.4) is 0 Å². The topological polar surface area (TPSA) is 61.8 Å². The third-order valence-corrected chi connectivity index (χ3v) is 3.98. The Kier molecular flexibility index (Phi) is 4.91. The van der Waals surface area contributed by atoms with Crippen LogP contribution in [0.4, 0.5) is 4.79 Å². The lowest BCUT2D eigenvalue weighted by molar-refractivity contribution is 0.0170.